The van der Waals surface area contributed by atoms with Crippen LogP contribution >= 0.6 is 7.82 Å². The zero-order valence-electron chi connectivity index (χ0n) is 14.6. The molecule has 0 aliphatic carbocycles. The number of phosphoric ester groups is 1. The highest BCUT2D eigenvalue weighted by Crippen LogP contribution is 2.44. The molecule has 1 fully saturated rings. The number of aromatic nitrogens is 4. The van der Waals surface area contributed by atoms with E-state index in [1.165, 1.54) is 17.2 Å². The molecule has 0 spiro atoms. The molecule has 3 heterocycles. The fourth-order valence-corrected chi connectivity index (χ4v) is 3.39. The van der Waals surface area contributed by atoms with Crippen molar-refractivity contribution in [3.05, 3.63) is 12.7 Å². The maximum Gasteiger partial charge on any atom is 0.472 e. The third-order valence-electron chi connectivity index (χ3n) is 3.86. The number of hydrogen-bond acceptors (Lipinski definition) is 11. The Hall–Kier alpha value is -1.70. The van der Waals surface area contributed by atoms with Gasteiger partial charge in [0, 0.05) is 0 Å². The minimum atomic E-state index is -4.26. The number of nitrogens with zero attached hydrogens (tertiary/aromatic N) is 4. The summed E-state index contributed by atoms with van der Waals surface area (Å²) in [6.45, 7) is 1.38. The van der Waals surface area contributed by atoms with Crippen LogP contribution in [0.4, 0.5) is 5.82 Å². The average molecular weight is 406 g/mol. The van der Waals surface area contributed by atoms with E-state index in [0.29, 0.717) is 17.6 Å². The summed E-state index contributed by atoms with van der Waals surface area (Å²) in [6, 6.07) is 0. The Kier molecular flexibility index (Phi) is 6.83. The van der Waals surface area contributed by atoms with Gasteiger partial charge in [0.05, 0.1) is 19.5 Å². The van der Waals surface area contributed by atoms with E-state index in [2.05, 4.69) is 15.0 Å². The predicted octanol–water partition coefficient (Wildman–Crippen LogP) is -0.267. The molecule has 8 N–H and O–H groups in total. The van der Waals surface area contributed by atoms with Gasteiger partial charge in [-0.2, -0.15) is 0 Å². The smallest absolute Gasteiger partial charge is 0.387 e. The van der Waals surface area contributed by atoms with Gasteiger partial charge in [-0.05, 0) is 6.42 Å². The summed E-state index contributed by atoms with van der Waals surface area (Å²) in [6.07, 6.45) is -1.67. The van der Waals surface area contributed by atoms with Crippen LogP contribution in [0, 0.1) is 0 Å². The molecule has 1 aliphatic heterocycles. The molecular weight excluding hydrogens is 383 g/mol. The fourth-order valence-electron chi connectivity index (χ4n) is 2.56. The fraction of sp³-hybridized carbons (Fsp3) is 0.615. The molecule has 14 heteroatoms. The van der Waals surface area contributed by atoms with Gasteiger partial charge in [0.2, 0.25) is 0 Å². The Morgan fingerprint density at radius 2 is 2.04 bits per heavy atom. The van der Waals surface area contributed by atoms with E-state index in [0.717, 1.165) is 0 Å². The van der Waals surface area contributed by atoms with Gasteiger partial charge in [-0.1, -0.05) is 6.92 Å². The van der Waals surface area contributed by atoms with E-state index in [-0.39, 0.29) is 18.6 Å². The van der Waals surface area contributed by atoms with Crippen LogP contribution in [0.3, 0.4) is 0 Å². The molecule has 2 aromatic heterocycles. The second-order valence-corrected chi connectivity index (χ2v) is 7.18. The predicted molar refractivity (Wildman–Crippen MR) is 92.7 cm³/mol. The summed E-state index contributed by atoms with van der Waals surface area (Å²) in [5, 5.41) is 20.5. The van der Waals surface area contributed by atoms with Gasteiger partial charge in [-0.15, -0.1) is 0 Å². The van der Waals surface area contributed by atoms with Gasteiger partial charge < -0.3 is 31.7 Å². The molecule has 3 rings (SSSR count). The number of imidazole rings is 1. The number of fused-ring (bicyclic) bond motifs is 1. The molecule has 0 radical (unpaired) electrons. The number of nitrogens with two attached hydrogens (primary N) is 1. The number of phosphoric acid groups is 1. The highest BCUT2D eigenvalue weighted by atomic mass is 31.2. The molecule has 0 bridgehead atoms. The quantitative estimate of drug-likeness (QED) is 0.376. The lowest BCUT2D eigenvalue weighted by Crippen LogP contribution is -2.33. The molecule has 1 saturated heterocycles. The third-order valence-corrected chi connectivity index (χ3v) is 4.84. The summed E-state index contributed by atoms with van der Waals surface area (Å²) in [5.41, 5.74) is 6.36. The van der Waals surface area contributed by atoms with Crippen LogP contribution in [0.5, 0.6) is 0 Å². The van der Waals surface area contributed by atoms with Crippen LogP contribution in [-0.4, -0.2) is 66.2 Å². The molecule has 5 atom stereocenters. The van der Waals surface area contributed by atoms with Crippen molar-refractivity contribution >= 4 is 24.8 Å². The van der Waals surface area contributed by atoms with Gasteiger partial charge in [0.25, 0.3) is 0 Å². The Labute approximate surface area is 154 Å². The van der Waals surface area contributed by atoms with E-state index >= 15 is 0 Å². The zero-order chi connectivity index (χ0) is 18.9. The third kappa shape index (κ3) is 4.42. The summed E-state index contributed by atoms with van der Waals surface area (Å²) in [5.74, 6) is 0.163. The number of aliphatic hydroxyl groups is 2. The van der Waals surface area contributed by atoms with Crippen molar-refractivity contribution in [3.63, 3.8) is 0 Å². The molecule has 1 unspecified atom stereocenters. The first-order valence-electron chi connectivity index (χ1n) is 7.90. The highest BCUT2D eigenvalue weighted by molar-refractivity contribution is 7.47. The SMILES string of the molecule is CCCOP(=O)(O)OC[C@H]1O[C@@H](n2cnc3c(N)ncnc32)[C@H](O)[C@@H]1O.N. The van der Waals surface area contributed by atoms with E-state index in [9.17, 15) is 19.7 Å². The molecule has 2 aromatic rings. The molecule has 0 saturated carbocycles. The van der Waals surface area contributed by atoms with Crippen molar-refractivity contribution in [2.24, 2.45) is 0 Å². The Bertz CT molecular complexity index is 820. The van der Waals surface area contributed by atoms with Crippen LogP contribution in [0.15, 0.2) is 12.7 Å². The van der Waals surface area contributed by atoms with E-state index in [1.54, 1.807) is 6.92 Å². The largest absolute Gasteiger partial charge is 0.472 e. The topological polar surface area (TPSA) is 210 Å². The van der Waals surface area contributed by atoms with E-state index in [1.807, 2.05) is 0 Å². The Morgan fingerprint density at radius 3 is 2.74 bits per heavy atom. The molecular formula is C13H23N6O7P. The summed E-state index contributed by atoms with van der Waals surface area (Å²) in [7, 11) is -4.26. The van der Waals surface area contributed by atoms with Gasteiger partial charge in [-0.3, -0.25) is 13.6 Å². The summed E-state index contributed by atoms with van der Waals surface area (Å²) >= 11 is 0. The van der Waals surface area contributed by atoms with E-state index in [4.69, 9.17) is 19.5 Å². The minimum Gasteiger partial charge on any atom is -0.387 e. The summed E-state index contributed by atoms with van der Waals surface area (Å²) < 4.78 is 28.2. The van der Waals surface area contributed by atoms with Crippen LogP contribution in [0.1, 0.15) is 19.6 Å². The van der Waals surface area contributed by atoms with Gasteiger partial charge in [0.1, 0.15) is 30.2 Å². The first-order valence-corrected chi connectivity index (χ1v) is 9.40. The lowest BCUT2D eigenvalue weighted by Gasteiger charge is -2.17. The standard InChI is InChI=1S/C13H20N5O7P.H3N/c1-2-3-23-26(21,22)24-4-7-9(19)10(20)13(25-7)18-6-17-8-11(14)15-5-16-12(8)18;/h5-7,9-10,13,19-20H,2-4H2,1H3,(H,21,22)(H2,14,15,16);1H3/t7-,9-,10-,13-;/m1./s1. The van der Waals surface area contributed by atoms with Crippen LogP contribution in [0.2, 0.25) is 0 Å². The van der Waals surface area contributed by atoms with Crippen LogP contribution in [0.25, 0.3) is 11.2 Å². The zero-order valence-corrected chi connectivity index (χ0v) is 15.5. The molecule has 1 aliphatic rings. The second-order valence-electron chi connectivity index (χ2n) is 5.73. The molecule has 0 aromatic carbocycles. The van der Waals surface area contributed by atoms with Crippen molar-refractivity contribution in [2.75, 3.05) is 18.9 Å². The Morgan fingerprint density at radius 1 is 1.30 bits per heavy atom. The lowest BCUT2D eigenvalue weighted by atomic mass is 10.1. The molecule has 0 amide bonds. The first kappa shape index (κ1) is 21.6. The number of aliphatic hydroxyl groups excluding tert-OH is 2. The molecule has 27 heavy (non-hydrogen) atoms. The van der Waals surface area contributed by atoms with Crippen molar-refractivity contribution in [3.8, 4) is 0 Å². The molecule has 13 nitrogen and oxygen atoms in total. The maximum absolute atomic E-state index is 11.7. The maximum atomic E-state index is 11.7. The van der Waals surface area contributed by atoms with Gasteiger partial charge in [-0.25, -0.2) is 19.5 Å². The Balaban J connectivity index is 0.00000261. The number of hydrogen-bond donors (Lipinski definition) is 5. The number of rotatable bonds is 7. The second kappa shape index (κ2) is 8.54. The monoisotopic (exact) mass is 406 g/mol. The van der Waals surface area contributed by atoms with Crippen molar-refractivity contribution < 1.29 is 33.5 Å². The number of ether oxygens (including phenoxy) is 1. The van der Waals surface area contributed by atoms with Crippen molar-refractivity contribution in [2.45, 2.75) is 37.9 Å². The van der Waals surface area contributed by atoms with Crippen molar-refractivity contribution in [1.29, 1.82) is 0 Å². The van der Waals surface area contributed by atoms with E-state index < -0.39 is 39.0 Å². The molecule has 152 valence electrons. The number of anilines is 1. The first-order chi connectivity index (χ1) is 12.3. The number of nitrogen functional groups attached to an aromatic ring is 1. The average Bonchev–Trinajstić information content (AvgIpc) is 3.15. The summed E-state index contributed by atoms with van der Waals surface area (Å²) in [4.78, 5) is 21.5. The minimum absolute atomic E-state index is 0. The van der Waals surface area contributed by atoms with Crippen LogP contribution in [-0.2, 0) is 18.3 Å². The highest BCUT2D eigenvalue weighted by Gasteiger charge is 2.45. The van der Waals surface area contributed by atoms with Gasteiger partial charge in [0.15, 0.2) is 17.7 Å². The van der Waals surface area contributed by atoms with Crippen molar-refractivity contribution in [1.82, 2.24) is 25.7 Å². The normalized spacial score (nSPS) is 27.4. The van der Waals surface area contributed by atoms with Gasteiger partial charge >= 0.3 is 7.82 Å². The lowest BCUT2D eigenvalue weighted by molar-refractivity contribution is -0.0514. The van der Waals surface area contributed by atoms with Crippen LogP contribution < -0.4 is 11.9 Å².